The molecular weight excluding hydrogens is 396 g/mol. The molecule has 2 aromatic carbocycles. The first-order chi connectivity index (χ1) is 13.4. The van der Waals surface area contributed by atoms with Crippen LogP contribution < -0.4 is 5.32 Å². The number of halogens is 1. The predicted molar refractivity (Wildman–Crippen MR) is 111 cm³/mol. The first-order valence-electron chi connectivity index (χ1n) is 9.50. The van der Waals surface area contributed by atoms with Crippen LogP contribution in [0.25, 0.3) is 0 Å². The lowest BCUT2D eigenvalue weighted by Crippen LogP contribution is -2.27. The fourth-order valence-corrected chi connectivity index (χ4v) is 5.05. The molecule has 1 unspecified atom stereocenters. The van der Waals surface area contributed by atoms with Gasteiger partial charge in [-0.25, -0.2) is 8.42 Å². The lowest BCUT2D eigenvalue weighted by Gasteiger charge is -2.16. The average molecular weight is 421 g/mol. The molecule has 0 saturated carbocycles. The monoisotopic (exact) mass is 420 g/mol. The summed E-state index contributed by atoms with van der Waals surface area (Å²) in [7, 11) is -3.39. The van der Waals surface area contributed by atoms with Gasteiger partial charge in [-0.15, -0.1) is 0 Å². The largest absolute Gasteiger partial charge is 0.350 e. The van der Waals surface area contributed by atoms with Crippen molar-refractivity contribution in [1.82, 2.24) is 9.62 Å². The van der Waals surface area contributed by atoms with E-state index in [1.54, 1.807) is 30.3 Å². The van der Waals surface area contributed by atoms with Gasteiger partial charge in [0.2, 0.25) is 15.9 Å². The number of benzene rings is 2. The summed E-state index contributed by atoms with van der Waals surface area (Å²) in [5.41, 5.74) is 1.89. The summed E-state index contributed by atoms with van der Waals surface area (Å²) in [5, 5.41) is 3.61. The number of nitrogens with zero attached hydrogens (tertiary/aromatic N) is 1. The van der Waals surface area contributed by atoms with Gasteiger partial charge in [0.25, 0.3) is 0 Å². The van der Waals surface area contributed by atoms with E-state index in [0.29, 0.717) is 35.8 Å². The molecule has 0 aromatic heterocycles. The highest BCUT2D eigenvalue weighted by atomic mass is 35.5. The third-order valence-electron chi connectivity index (χ3n) is 4.99. The molecule has 1 amide bonds. The summed E-state index contributed by atoms with van der Waals surface area (Å²) in [5.74, 6) is -0.0544. The predicted octanol–water partition coefficient (Wildman–Crippen LogP) is 3.93. The van der Waals surface area contributed by atoms with Crippen LogP contribution in [-0.4, -0.2) is 31.7 Å². The molecule has 1 heterocycles. The topological polar surface area (TPSA) is 66.5 Å². The maximum absolute atomic E-state index is 12.5. The fourth-order valence-electron chi connectivity index (χ4n) is 3.34. The smallest absolute Gasteiger partial charge is 0.243 e. The van der Waals surface area contributed by atoms with Gasteiger partial charge in [-0.3, -0.25) is 4.79 Å². The van der Waals surface area contributed by atoms with Crippen LogP contribution in [0.15, 0.2) is 53.4 Å². The molecule has 3 rings (SSSR count). The molecule has 1 atom stereocenters. The number of carbonyl (C=O) groups is 1. The zero-order chi connectivity index (χ0) is 20.1. The molecule has 1 saturated heterocycles. The molecule has 1 fully saturated rings. The van der Waals surface area contributed by atoms with Crippen LogP contribution in [-0.2, 0) is 21.2 Å². The van der Waals surface area contributed by atoms with E-state index in [1.165, 1.54) is 4.31 Å². The number of sulfonamides is 1. The van der Waals surface area contributed by atoms with Crippen molar-refractivity contribution in [2.45, 2.75) is 43.5 Å². The molecule has 2 aromatic rings. The lowest BCUT2D eigenvalue weighted by atomic mass is 10.1. The third kappa shape index (κ3) is 5.13. The second kappa shape index (κ2) is 9.07. The second-order valence-electron chi connectivity index (χ2n) is 7.10. The Hall–Kier alpha value is -1.89. The van der Waals surface area contributed by atoms with Gasteiger partial charge in [0.1, 0.15) is 0 Å². The maximum Gasteiger partial charge on any atom is 0.243 e. The standard InChI is InChI=1S/C21H25ClN2O3S/c1-16(18-5-4-6-19(22)15-18)23-21(25)12-9-17-7-10-20(11-8-17)28(26,27)24-13-2-3-14-24/h4-8,10-11,15-16H,2-3,9,12-14H2,1H3,(H,23,25). The number of carbonyl (C=O) groups excluding carboxylic acids is 1. The van der Waals surface area contributed by atoms with E-state index >= 15 is 0 Å². The Bertz CT molecular complexity index is 923. The molecule has 1 N–H and O–H groups in total. The molecule has 0 aliphatic carbocycles. The van der Waals surface area contributed by atoms with Crippen molar-refractivity contribution >= 4 is 27.5 Å². The summed E-state index contributed by atoms with van der Waals surface area (Å²) in [6.07, 6.45) is 2.72. The number of nitrogens with one attached hydrogen (secondary N) is 1. The van der Waals surface area contributed by atoms with Crippen molar-refractivity contribution in [3.8, 4) is 0 Å². The van der Waals surface area contributed by atoms with E-state index in [-0.39, 0.29) is 11.9 Å². The van der Waals surface area contributed by atoms with E-state index in [9.17, 15) is 13.2 Å². The minimum Gasteiger partial charge on any atom is -0.350 e. The molecule has 0 bridgehead atoms. The Balaban J connectivity index is 1.54. The number of aryl methyl sites for hydroxylation is 1. The molecule has 0 spiro atoms. The SMILES string of the molecule is CC(NC(=O)CCc1ccc(S(=O)(=O)N2CCCC2)cc1)c1cccc(Cl)c1. The third-order valence-corrected chi connectivity index (χ3v) is 7.14. The molecule has 1 aliphatic heterocycles. The fraction of sp³-hybridized carbons (Fsp3) is 0.381. The highest BCUT2D eigenvalue weighted by Crippen LogP contribution is 2.21. The minimum atomic E-state index is -3.39. The van der Waals surface area contributed by atoms with Gasteiger partial charge in [0.05, 0.1) is 10.9 Å². The van der Waals surface area contributed by atoms with Gasteiger partial charge in [-0.2, -0.15) is 4.31 Å². The normalized spacial score (nSPS) is 16.1. The average Bonchev–Trinajstić information content (AvgIpc) is 3.22. The van der Waals surface area contributed by atoms with Crippen LogP contribution in [0.4, 0.5) is 0 Å². The Morgan fingerprint density at radius 1 is 1.14 bits per heavy atom. The van der Waals surface area contributed by atoms with Crippen LogP contribution in [0.3, 0.4) is 0 Å². The molecule has 28 heavy (non-hydrogen) atoms. The first kappa shape index (κ1) is 20.8. The van der Waals surface area contributed by atoms with E-state index in [1.807, 2.05) is 25.1 Å². The van der Waals surface area contributed by atoms with Crippen molar-refractivity contribution in [2.24, 2.45) is 0 Å². The zero-order valence-corrected chi connectivity index (χ0v) is 17.5. The van der Waals surface area contributed by atoms with Gasteiger partial charge in [0.15, 0.2) is 0 Å². The van der Waals surface area contributed by atoms with Gasteiger partial charge in [-0.1, -0.05) is 35.9 Å². The van der Waals surface area contributed by atoms with Gasteiger partial charge < -0.3 is 5.32 Å². The molecule has 5 nitrogen and oxygen atoms in total. The Kier molecular flexibility index (Phi) is 6.75. The van der Waals surface area contributed by atoms with Gasteiger partial charge in [-0.05, 0) is 61.6 Å². The number of amides is 1. The van der Waals surface area contributed by atoms with Crippen LogP contribution in [0.5, 0.6) is 0 Å². The summed E-state index contributed by atoms with van der Waals surface area (Å²) >= 11 is 5.99. The Labute approximate surface area is 171 Å². The van der Waals surface area contributed by atoms with E-state index in [4.69, 9.17) is 11.6 Å². The summed E-state index contributed by atoms with van der Waals surface area (Å²) in [6.45, 7) is 3.10. The summed E-state index contributed by atoms with van der Waals surface area (Å²) in [4.78, 5) is 12.6. The Morgan fingerprint density at radius 3 is 2.46 bits per heavy atom. The lowest BCUT2D eigenvalue weighted by molar-refractivity contribution is -0.121. The number of hydrogen-bond acceptors (Lipinski definition) is 3. The van der Waals surface area contributed by atoms with Crippen molar-refractivity contribution in [2.75, 3.05) is 13.1 Å². The summed E-state index contributed by atoms with van der Waals surface area (Å²) in [6, 6.07) is 14.1. The van der Waals surface area contributed by atoms with Crippen LogP contribution in [0, 0.1) is 0 Å². The van der Waals surface area contributed by atoms with Crippen LogP contribution >= 0.6 is 11.6 Å². The molecular formula is C21H25ClN2O3S. The van der Waals surface area contributed by atoms with E-state index < -0.39 is 10.0 Å². The minimum absolute atomic E-state index is 0.0544. The number of rotatable bonds is 7. The van der Waals surface area contributed by atoms with Crippen molar-refractivity contribution in [3.63, 3.8) is 0 Å². The zero-order valence-electron chi connectivity index (χ0n) is 15.9. The quantitative estimate of drug-likeness (QED) is 0.737. The second-order valence-corrected chi connectivity index (χ2v) is 9.47. The van der Waals surface area contributed by atoms with Gasteiger partial charge in [0, 0.05) is 24.5 Å². The first-order valence-corrected chi connectivity index (χ1v) is 11.3. The van der Waals surface area contributed by atoms with Crippen LogP contribution in [0.1, 0.15) is 43.4 Å². The summed E-state index contributed by atoms with van der Waals surface area (Å²) < 4.78 is 26.6. The van der Waals surface area contributed by atoms with Crippen molar-refractivity contribution in [3.05, 3.63) is 64.7 Å². The highest BCUT2D eigenvalue weighted by molar-refractivity contribution is 7.89. The maximum atomic E-state index is 12.5. The van der Waals surface area contributed by atoms with Crippen molar-refractivity contribution < 1.29 is 13.2 Å². The van der Waals surface area contributed by atoms with Crippen molar-refractivity contribution in [1.29, 1.82) is 0 Å². The van der Waals surface area contributed by atoms with E-state index in [2.05, 4.69) is 5.32 Å². The van der Waals surface area contributed by atoms with Crippen LogP contribution in [0.2, 0.25) is 5.02 Å². The highest BCUT2D eigenvalue weighted by Gasteiger charge is 2.26. The number of hydrogen-bond donors (Lipinski definition) is 1. The molecule has 7 heteroatoms. The van der Waals surface area contributed by atoms with E-state index in [0.717, 1.165) is 24.0 Å². The molecule has 0 radical (unpaired) electrons. The van der Waals surface area contributed by atoms with Gasteiger partial charge >= 0.3 is 0 Å². The molecule has 1 aliphatic rings. The molecule has 150 valence electrons. The Morgan fingerprint density at radius 2 is 1.82 bits per heavy atom.